The van der Waals surface area contributed by atoms with Gasteiger partial charge in [0, 0.05) is 18.7 Å². The molecule has 0 radical (unpaired) electrons. The molecule has 0 aliphatic carbocycles. The van der Waals surface area contributed by atoms with Crippen LogP contribution in [0, 0.1) is 18.3 Å². The van der Waals surface area contributed by atoms with Crippen molar-refractivity contribution in [2.24, 2.45) is 0 Å². The van der Waals surface area contributed by atoms with E-state index >= 15 is 0 Å². The molecule has 0 amide bonds. The second-order valence-corrected chi connectivity index (χ2v) is 4.23. The summed E-state index contributed by atoms with van der Waals surface area (Å²) in [6, 6.07) is 14.7. The quantitative estimate of drug-likeness (QED) is 0.786. The molecule has 0 saturated carbocycles. The molecule has 0 unspecified atom stereocenters. The van der Waals surface area contributed by atoms with Gasteiger partial charge in [-0.15, -0.1) is 0 Å². The van der Waals surface area contributed by atoms with E-state index in [1.165, 1.54) is 16.8 Å². The molecule has 1 heterocycles. The molecule has 2 rings (SSSR count). The van der Waals surface area contributed by atoms with Crippen LogP contribution in [0.4, 0.5) is 0 Å². The van der Waals surface area contributed by atoms with E-state index in [2.05, 4.69) is 48.7 Å². The van der Waals surface area contributed by atoms with Crippen molar-refractivity contribution in [3.05, 3.63) is 58.9 Å². The van der Waals surface area contributed by atoms with Crippen LogP contribution < -0.4 is 0 Å². The highest BCUT2D eigenvalue weighted by Gasteiger charge is 2.06. The van der Waals surface area contributed by atoms with Gasteiger partial charge in [0.25, 0.3) is 0 Å². The minimum atomic E-state index is 0.745. The van der Waals surface area contributed by atoms with Crippen LogP contribution in [0.1, 0.15) is 29.4 Å². The van der Waals surface area contributed by atoms with E-state index in [4.69, 9.17) is 5.26 Å². The SMILES string of the molecule is CCn1c(C#N)ccc1Cc1ccc(C)cc1. The van der Waals surface area contributed by atoms with Crippen LogP contribution in [0.5, 0.6) is 0 Å². The van der Waals surface area contributed by atoms with E-state index < -0.39 is 0 Å². The Labute approximate surface area is 102 Å². The molecule has 2 aromatic rings. The summed E-state index contributed by atoms with van der Waals surface area (Å²) < 4.78 is 2.07. The topological polar surface area (TPSA) is 28.7 Å². The van der Waals surface area contributed by atoms with Gasteiger partial charge in [0.05, 0.1) is 0 Å². The third kappa shape index (κ3) is 2.39. The van der Waals surface area contributed by atoms with Crippen molar-refractivity contribution >= 4 is 0 Å². The monoisotopic (exact) mass is 224 g/mol. The third-order valence-electron chi connectivity index (χ3n) is 3.01. The number of rotatable bonds is 3. The summed E-state index contributed by atoms with van der Waals surface area (Å²) in [5.41, 5.74) is 4.51. The first kappa shape index (κ1) is 11.5. The number of benzene rings is 1. The smallest absolute Gasteiger partial charge is 0.120 e. The fraction of sp³-hybridized carbons (Fsp3) is 0.267. The van der Waals surface area contributed by atoms with Crippen molar-refractivity contribution in [3.8, 4) is 6.07 Å². The summed E-state index contributed by atoms with van der Waals surface area (Å²) in [6.45, 7) is 5.00. The van der Waals surface area contributed by atoms with Crippen molar-refractivity contribution in [1.29, 1.82) is 5.26 Å². The Balaban J connectivity index is 2.27. The molecule has 0 saturated heterocycles. The molecule has 0 bridgehead atoms. The number of hydrogen-bond donors (Lipinski definition) is 0. The van der Waals surface area contributed by atoms with Crippen molar-refractivity contribution in [3.63, 3.8) is 0 Å². The molecule has 1 aromatic carbocycles. The van der Waals surface area contributed by atoms with Crippen LogP contribution in [0.25, 0.3) is 0 Å². The number of aromatic nitrogens is 1. The molecule has 0 fully saturated rings. The largest absolute Gasteiger partial charge is 0.337 e. The minimum absolute atomic E-state index is 0.745. The highest BCUT2D eigenvalue weighted by atomic mass is 15.0. The summed E-state index contributed by atoms with van der Waals surface area (Å²) >= 11 is 0. The Morgan fingerprint density at radius 1 is 1.12 bits per heavy atom. The van der Waals surface area contributed by atoms with E-state index in [-0.39, 0.29) is 0 Å². The lowest BCUT2D eigenvalue weighted by Gasteiger charge is -2.08. The lowest BCUT2D eigenvalue weighted by Crippen LogP contribution is -2.03. The molecule has 0 spiro atoms. The molecular formula is C15H16N2. The number of hydrogen-bond acceptors (Lipinski definition) is 1. The van der Waals surface area contributed by atoms with Gasteiger partial charge in [-0.05, 0) is 31.5 Å². The summed E-state index contributed by atoms with van der Waals surface area (Å²) in [7, 11) is 0. The standard InChI is InChI=1S/C15H16N2/c1-3-17-14(8-9-15(17)11-16)10-13-6-4-12(2)5-7-13/h4-9H,3,10H2,1-2H3. The van der Waals surface area contributed by atoms with Gasteiger partial charge in [0.15, 0.2) is 0 Å². The second-order valence-electron chi connectivity index (χ2n) is 4.23. The van der Waals surface area contributed by atoms with Gasteiger partial charge in [-0.1, -0.05) is 29.8 Å². The van der Waals surface area contributed by atoms with Crippen LogP contribution in [0.2, 0.25) is 0 Å². The van der Waals surface area contributed by atoms with Crippen LogP contribution >= 0.6 is 0 Å². The average molecular weight is 224 g/mol. The van der Waals surface area contributed by atoms with E-state index in [1.807, 2.05) is 12.1 Å². The third-order valence-corrected chi connectivity index (χ3v) is 3.01. The summed E-state index contributed by atoms with van der Waals surface area (Å²) in [5, 5.41) is 8.99. The Bertz CT molecular complexity index is 541. The Morgan fingerprint density at radius 2 is 1.82 bits per heavy atom. The lowest BCUT2D eigenvalue weighted by molar-refractivity contribution is 0.718. The fourth-order valence-electron chi connectivity index (χ4n) is 2.05. The number of nitrogens with zero attached hydrogens (tertiary/aromatic N) is 2. The maximum Gasteiger partial charge on any atom is 0.120 e. The van der Waals surface area contributed by atoms with Gasteiger partial charge in [-0.3, -0.25) is 0 Å². The maximum absolute atomic E-state index is 8.99. The second kappa shape index (κ2) is 4.88. The average Bonchev–Trinajstić information content (AvgIpc) is 2.74. The fourth-order valence-corrected chi connectivity index (χ4v) is 2.05. The molecule has 2 heteroatoms. The van der Waals surface area contributed by atoms with Gasteiger partial charge < -0.3 is 4.57 Å². The number of aryl methyl sites for hydroxylation is 1. The van der Waals surface area contributed by atoms with E-state index in [9.17, 15) is 0 Å². The molecule has 0 aliphatic heterocycles. The summed E-state index contributed by atoms with van der Waals surface area (Å²) in [4.78, 5) is 0. The predicted molar refractivity (Wildman–Crippen MR) is 68.8 cm³/mol. The maximum atomic E-state index is 8.99. The van der Waals surface area contributed by atoms with Crippen molar-refractivity contribution in [2.75, 3.05) is 0 Å². The van der Waals surface area contributed by atoms with Crippen molar-refractivity contribution in [1.82, 2.24) is 4.57 Å². The molecular weight excluding hydrogens is 208 g/mol. The van der Waals surface area contributed by atoms with Crippen LogP contribution in [0.15, 0.2) is 36.4 Å². The predicted octanol–water partition coefficient (Wildman–Crippen LogP) is 3.28. The highest BCUT2D eigenvalue weighted by Crippen LogP contribution is 2.14. The van der Waals surface area contributed by atoms with E-state index in [0.29, 0.717) is 0 Å². The molecule has 2 nitrogen and oxygen atoms in total. The lowest BCUT2D eigenvalue weighted by atomic mass is 10.1. The Morgan fingerprint density at radius 3 is 2.41 bits per heavy atom. The van der Waals surface area contributed by atoms with Gasteiger partial charge in [-0.25, -0.2) is 0 Å². The van der Waals surface area contributed by atoms with Crippen LogP contribution in [-0.4, -0.2) is 4.57 Å². The van der Waals surface area contributed by atoms with E-state index in [1.54, 1.807) is 0 Å². The Hall–Kier alpha value is -2.01. The normalized spacial score (nSPS) is 10.2. The van der Waals surface area contributed by atoms with Gasteiger partial charge in [0.2, 0.25) is 0 Å². The van der Waals surface area contributed by atoms with Gasteiger partial charge in [0.1, 0.15) is 11.8 Å². The first-order valence-corrected chi connectivity index (χ1v) is 5.88. The minimum Gasteiger partial charge on any atom is -0.337 e. The van der Waals surface area contributed by atoms with Crippen LogP contribution in [0.3, 0.4) is 0 Å². The molecule has 17 heavy (non-hydrogen) atoms. The molecule has 0 atom stereocenters. The van der Waals surface area contributed by atoms with Gasteiger partial charge in [-0.2, -0.15) is 5.26 Å². The first-order valence-electron chi connectivity index (χ1n) is 5.88. The molecule has 0 aliphatic rings. The molecule has 1 aromatic heterocycles. The zero-order chi connectivity index (χ0) is 12.3. The van der Waals surface area contributed by atoms with Crippen molar-refractivity contribution in [2.45, 2.75) is 26.8 Å². The number of nitriles is 1. The van der Waals surface area contributed by atoms with Crippen molar-refractivity contribution < 1.29 is 0 Å². The molecule has 0 N–H and O–H groups in total. The first-order chi connectivity index (χ1) is 8.24. The zero-order valence-corrected chi connectivity index (χ0v) is 10.3. The summed E-state index contributed by atoms with van der Waals surface area (Å²) in [5.74, 6) is 0. The summed E-state index contributed by atoms with van der Waals surface area (Å²) in [6.07, 6.45) is 0.885. The van der Waals surface area contributed by atoms with Crippen LogP contribution in [-0.2, 0) is 13.0 Å². The molecule has 86 valence electrons. The Kier molecular flexibility index (Phi) is 3.30. The van der Waals surface area contributed by atoms with E-state index in [0.717, 1.165) is 18.7 Å². The zero-order valence-electron chi connectivity index (χ0n) is 10.3. The highest BCUT2D eigenvalue weighted by molar-refractivity contribution is 5.31. The van der Waals surface area contributed by atoms with Gasteiger partial charge >= 0.3 is 0 Å².